The number of carbonyl (C=O) groups excluding carboxylic acids is 1. The number of aliphatic hydroxyl groups is 4. The Bertz CT molecular complexity index is 1250. The number of ether oxygens (including phenoxy) is 2. The van der Waals surface area contributed by atoms with E-state index in [1.807, 2.05) is 13.8 Å². The summed E-state index contributed by atoms with van der Waals surface area (Å²) in [6, 6.07) is 9.29. The summed E-state index contributed by atoms with van der Waals surface area (Å²) in [5.41, 5.74) is 4.15. The molecule has 2 aromatic rings. The maximum Gasteiger partial charge on any atom is 0.258 e. The number of hydrogen-bond acceptors (Lipinski definition) is 10. The second-order valence-electron chi connectivity index (χ2n) is 11.7. The van der Waals surface area contributed by atoms with Crippen LogP contribution >= 0.6 is 0 Å². The Labute approximate surface area is 240 Å². The molecule has 5 rings (SSSR count). The van der Waals surface area contributed by atoms with E-state index >= 15 is 0 Å². The Hall–Kier alpha value is -2.77. The van der Waals surface area contributed by atoms with Gasteiger partial charge in [-0.05, 0) is 41.3 Å². The van der Waals surface area contributed by atoms with E-state index in [2.05, 4.69) is 35.0 Å². The molecule has 0 radical (unpaired) electrons. The molecular formula is C30H41N3O8. The topological polar surface area (TPSA) is 146 Å². The average Bonchev–Trinajstić information content (AvgIpc) is 3.38. The molecule has 11 nitrogen and oxygen atoms in total. The standard InChI is InChI=1S/C30H41N3O8/c1-17(2)21-11-22(23(35)12-24(21)40-30-28(38)27(37)26(36)25(16-34)41-30)29(39)33-14-19-5-4-18(10-20(19)15-33)13-32-8-6-31(3)7-9-32/h4-5,10-12,17,25-28,30,34-38H,6-9,13-16H2,1-3H3/t25-,26+,27+,28-,30-/m1/s1. The van der Waals surface area contributed by atoms with Crippen molar-refractivity contribution in [2.45, 2.75) is 70.1 Å². The van der Waals surface area contributed by atoms with Gasteiger partial charge in [-0.2, -0.15) is 0 Å². The molecule has 3 aliphatic heterocycles. The van der Waals surface area contributed by atoms with Crippen molar-refractivity contribution in [2.75, 3.05) is 39.8 Å². The number of benzene rings is 2. The number of carbonyl (C=O) groups is 1. The van der Waals surface area contributed by atoms with Crippen molar-refractivity contribution in [3.8, 4) is 11.5 Å². The number of amides is 1. The Morgan fingerprint density at radius 1 is 1.00 bits per heavy atom. The van der Waals surface area contributed by atoms with Crippen LogP contribution in [0, 0.1) is 0 Å². The van der Waals surface area contributed by atoms with Crippen LogP contribution in [-0.2, 0) is 24.4 Å². The highest BCUT2D eigenvalue weighted by molar-refractivity contribution is 5.97. The summed E-state index contributed by atoms with van der Waals surface area (Å²) >= 11 is 0. The molecule has 1 amide bonds. The number of fused-ring (bicyclic) bond motifs is 1. The largest absolute Gasteiger partial charge is 0.507 e. The first-order chi connectivity index (χ1) is 19.5. The van der Waals surface area contributed by atoms with Crippen molar-refractivity contribution >= 4 is 5.91 Å². The highest BCUT2D eigenvalue weighted by Gasteiger charge is 2.45. The lowest BCUT2D eigenvalue weighted by Crippen LogP contribution is -2.60. The SMILES string of the molecule is CC(C)c1cc(C(=O)N2Cc3ccc(CN4CCN(C)CC4)cc3C2)c(O)cc1O[C@@H]1O[C@H](CO)[C@H](O)[C@H](O)[C@H]1O. The molecule has 11 heteroatoms. The van der Waals surface area contributed by atoms with Gasteiger partial charge in [0.15, 0.2) is 0 Å². The minimum atomic E-state index is -1.60. The third-order valence-corrected chi connectivity index (χ3v) is 8.35. The average molecular weight is 572 g/mol. The Balaban J connectivity index is 1.31. The molecule has 2 aromatic carbocycles. The van der Waals surface area contributed by atoms with Gasteiger partial charge in [-0.3, -0.25) is 9.69 Å². The van der Waals surface area contributed by atoms with E-state index in [9.17, 15) is 30.3 Å². The molecule has 0 spiro atoms. The van der Waals surface area contributed by atoms with Crippen LogP contribution < -0.4 is 4.74 Å². The second kappa shape index (κ2) is 12.2. The molecule has 0 aliphatic carbocycles. The van der Waals surface area contributed by atoms with Gasteiger partial charge in [0.05, 0.1) is 12.2 Å². The molecule has 41 heavy (non-hydrogen) atoms. The molecule has 0 saturated carbocycles. The lowest BCUT2D eigenvalue weighted by Gasteiger charge is -2.39. The maximum atomic E-state index is 13.6. The normalized spacial score (nSPS) is 27.3. The van der Waals surface area contributed by atoms with Crippen molar-refractivity contribution < 1.29 is 39.8 Å². The van der Waals surface area contributed by atoms with E-state index in [0.29, 0.717) is 18.7 Å². The lowest BCUT2D eigenvalue weighted by atomic mass is 9.97. The fraction of sp³-hybridized carbons (Fsp3) is 0.567. The van der Waals surface area contributed by atoms with Crippen molar-refractivity contribution in [1.29, 1.82) is 0 Å². The molecular weight excluding hydrogens is 530 g/mol. The van der Waals surface area contributed by atoms with Crippen LogP contribution in [0.4, 0.5) is 0 Å². The van der Waals surface area contributed by atoms with Gasteiger partial charge in [0.2, 0.25) is 6.29 Å². The van der Waals surface area contributed by atoms with Gasteiger partial charge in [-0.1, -0.05) is 32.0 Å². The predicted octanol–water partition coefficient (Wildman–Crippen LogP) is 0.598. The van der Waals surface area contributed by atoms with Crippen LogP contribution in [0.2, 0.25) is 0 Å². The number of aromatic hydroxyl groups is 1. The van der Waals surface area contributed by atoms with Crippen molar-refractivity contribution in [3.05, 3.63) is 58.1 Å². The number of hydrogen-bond donors (Lipinski definition) is 5. The summed E-state index contributed by atoms with van der Waals surface area (Å²) in [5.74, 6) is -0.558. The Morgan fingerprint density at radius 2 is 1.71 bits per heavy atom. The van der Waals surface area contributed by atoms with Crippen LogP contribution in [0.25, 0.3) is 0 Å². The van der Waals surface area contributed by atoms with Crippen molar-refractivity contribution in [3.63, 3.8) is 0 Å². The third-order valence-electron chi connectivity index (χ3n) is 8.35. The number of rotatable bonds is 7. The first kappa shape index (κ1) is 29.7. The zero-order valence-corrected chi connectivity index (χ0v) is 23.8. The van der Waals surface area contributed by atoms with E-state index in [4.69, 9.17) is 9.47 Å². The van der Waals surface area contributed by atoms with Crippen molar-refractivity contribution in [2.24, 2.45) is 0 Å². The van der Waals surface area contributed by atoms with Crippen LogP contribution in [0.5, 0.6) is 11.5 Å². The van der Waals surface area contributed by atoms with Crippen LogP contribution in [0.3, 0.4) is 0 Å². The monoisotopic (exact) mass is 571 g/mol. The fourth-order valence-electron chi connectivity index (χ4n) is 5.72. The molecule has 5 atom stereocenters. The quantitative estimate of drug-likeness (QED) is 0.320. The van der Waals surface area contributed by atoms with E-state index in [1.165, 1.54) is 11.6 Å². The minimum Gasteiger partial charge on any atom is -0.507 e. The first-order valence-corrected chi connectivity index (χ1v) is 14.2. The third kappa shape index (κ3) is 6.21. The summed E-state index contributed by atoms with van der Waals surface area (Å²) < 4.78 is 11.3. The molecule has 5 N–H and O–H groups in total. The summed E-state index contributed by atoms with van der Waals surface area (Å²) in [6.07, 6.45) is -7.24. The van der Waals surface area contributed by atoms with Crippen molar-refractivity contribution in [1.82, 2.24) is 14.7 Å². The molecule has 0 bridgehead atoms. The fourth-order valence-corrected chi connectivity index (χ4v) is 5.72. The molecule has 3 aliphatic rings. The second-order valence-corrected chi connectivity index (χ2v) is 11.7. The van der Waals surface area contributed by atoms with Gasteiger partial charge in [0.25, 0.3) is 5.91 Å². The van der Waals surface area contributed by atoms with Gasteiger partial charge >= 0.3 is 0 Å². The molecule has 2 fully saturated rings. The number of nitrogens with zero attached hydrogens (tertiary/aromatic N) is 3. The van der Waals surface area contributed by atoms with E-state index < -0.39 is 37.3 Å². The number of phenolic OH excluding ortho intramolecular Hbond substituents is 1. The van der Waals surface area contributed by atoms with Gasteiger partial charge in [-0.25, -0.2) is 0 Å². The summed E-state index contributed by atoms with van der Waals surface area (Å²) in [5, 5.41) is 51.0. The molecule has 0 aromatic heterocycles. The first-order valence-electron chi connectivity index (χ1n) is 14.2. The van der Waals surface area contributed by atoms with Crippen LogP contribution in [0.15, 0.2) is 30.3 Å². The van der Waals surface area contributed by atoms with E-state index in [0.717, 1.165) is 43.9 Å². The summed E-state index contributed by atoms with van der Waals surface area (Å²) in [6.45, 7) is 9.16. The van der Waals surface area contributed by atoms with Gasteiger partial charge in [-0.15, -0.1) is 0 Å². The van der Waals surface area contributed by atoms with E-state index in [1.54, 1.807) is 11.0 Å². The molecule has 2 saturated heterocycles. The van der Waals surface area contributed by atoms with Gasteiger partial charge in [0.1, 0.15) is 35.9 Å². The number of aliphatic hydroxyl groups excluding tert-OH is 4. The minimum absolute atomic E-state index is 0.130. The Kier molecular flexibility index (Phi) is 8.86. The van der Waals surface area contributed by atoms with Gasteiger partial charge in [0, 0.05) is 51.9 Å². The van der Waals surface area contributed by atoms with Crippen LogP contribution in [-0.4, -0.2) is 117 Å². The zero-order chi connectivity index (χ0) is 29.4. The lowest BCUT2D eigenvalue weighted by molar-refractivity contribution is -0.277. The maximum absolute atomic E-state index is 13.6. The molecule has 224 valence electrons. The smallest absolute Gasteiger partial charge is 0.258 e. The number of piperazine rings is 1. The number of likely N-dealkylation sites (N-methyl/N-ethyl adjacent to an activating group) is 1. The molecule has 3 heterocycles. The summed E-state index contributed by atoms with van der Waals surface area (Å²) in [4.78, 5) is 20.1. The van der Waals surface area contributed by atoms with Gasteiger partial charge < -0.3 is 44.8 Å². The summed E-state index contributed by atoms with van der Waals surface area (Å²) in [7, 11) is 2.14. The molecule has 0 unspecified atom stereocenters. The zero-order valence-electron chi connectivity index (χ0n) is 23.8. The van der Waals surface area contributed by atoms with E-state index in [-0.39, 0.29) is 28.9 Å². The highest BCUT2D eigenvalue weighted by atomic mass is 16.7. The predicted molar refractivity (Wildman–Crippen MR) is 149 cm³/mol. The Morgan fingerprint density at radius 3 is 2.39 bits per heavy atom. The number of phenols is 1. The highest BCUT2D eigenvalue weighted by Crippen LogP contribution is 2.37. The van der Waals surface area contributed by atoms with Crippen LogP contribution in [0.1, 0.15) is 52.4 Å².